The van der Waals surface area contributed by atoms with E-state index in [0.29, 0.717) is 50.7 Å². The van der Waals surface area contributed by atoms with Crippen molar-refractivity contribution in [2.45, 2.75) is 12.3 Å². The first-order valence-electron chi connectivity index (χ1n) is 15.1. The second-order valence-corrected chi connectivity index (χ2v) is 10.4. The van der Waals surface area contributed by atoms with Gasteiger partial charge < -0.3 is 43.2 Å². The third-order valence-electron chi connectivity index (χ3n) is 6.91. The summed E-state index contributed by atoms with van der Waals surface area (Å²) in [5.41, 5.74) is -1.33. The minimum Gasteiger partial charge on any atom is -0.460 e. The Hall–Kier alpha value is -4.06. The van der Waals surface area contributed by atoms with Crippen LogP contribution in [0.3, 0.4) is 0 Å². The fourth-order valence-corrected chi connectivity index (χ4v) is 4.67. The maximum atomic E-state index is 13.5. The number of nitrogens with one attached hydrogen (secondary N) is 1. The fraction of sp³-hybridized carbons (Fsp3) is 0.469. The number of aliphatic hydroxyl groups excluding tert-OH is 1. The van der Waals surface area contributed by atoms with Crippen molar-refractivity contribution < 1.29 is 61.0 Å². The zero-order valence-electron chi connectivity index (χ0n) is 26.0. The molecule has 2 aromatic carbocycles. The molecule has 1 aliphatic heterocycles. The molecule has 1 aromatic heterocycles. The van der Waals surface area contributed by atoms with Gasteiger partial charge >= 0.3 is 18.2 Å². The predicted octanol–water partition coefficient (Wildman–Crippen LogP) is 3.16. The molecule has 3 aromatic rings. The molecule has 0 bridgehead atoms. The van der Waals surface area contributed by atoms with Gasteiger partial charge in [-0.1, -0.05) is 24.3 Å². The SMILES string of the molecule is O=C(COCCOCCOCCOCCOCCO)OCC1CN(c2ccc3cc(-c4ccccc4C(F)(F)F)[nH]c(=O)c3c2)C(=O)O1. The Bertz CT molecular complexity index is 1550. The number of hydrogen-bond donors (Lipinski definition) is 2. The lowest BCUT2D eigenvalue weighted by Crippen LogP contribution is -2.27. The van der Waals surface area contributed by atoms with Crippen LogP contribution in [0.25, 0.3) is 22.0 Å². The van der Waals surface area contributed by atoms with Gasteiger partial charge in [-0.25, -0.2) is 9.59 Å². The van der Waals surface area contributed by atoms with E-state index in [1.165, 1.54) is 41.3 Å². The number of anilines is 1. The zero-order valence-corrected chi connectivity index (χ0v) is 26.0. The molecule has 2 heterocycles. The summed E-state index contributed by atoms with van der Waals surface area (Å²) in [5.74, 6) is -0.658. The molecule has 16 heteroatoms. The van der Waals surface area contributed by atoms with E-state index in [2.05, 4.69) is 4.98 Å². The second-order valence-electron chi connectivity index (χ2n) is 10.4. The Kier molecular flexibility index (Phi) is 14.2. The normalized spacial score (nSPS) is 14.9. The van der Waals surface area contributed by atoms with Crippen molar-refractivity contribution in [3.8, 4) is 11.3 Å². The predicted molar refractivity (Wildman–Crippen MR) is 165 cm³/mol. The first-order valence-corrected chi connectivity index (χ1v) is 15.1. The molecule has 4 rings (SSSR count). The molecule has 1 atom stereocenters. The van der Waals surface area contributed by atoms with Crippen LogP contribution < -0.4 is 10.5 Å². The molecule has 0 aliphatic carbocycles. The lowest BCUT2D eigenvalue weighted by Gasteiger charge is -2.15. The van der Waals surface area contributed by atoms with Crippen LogP contribution in [-0.2, 0) is 44.1 Å². The minimum atomic E-state index is -4.61. The summed E-state index contributed by atoms with van der Waals surface area (Å²) < 4.78 is 77.3. The average Bonchev–Trinajstić information content (AvgIpc) is 3.45. The first-order chi connectivity index (χ1) is 23.2. The largest absolute Gasteiger partial charge is 0.460 e. The number of carbonyl (C=O) groups excluding carboxylic acids is 2. The molecule has 1 unspecified atom stereocenters. The van der Waals surface area contributed by atoms with Gasteiger partial charge in [0.25, 0.3) is 5.56 Å². The summed E-state index contributed by atoms with van der Waals surface area (Å²) in [7, 11) is 0. The molecule has 2 N–H and O–H groups in total. The molecule has 0 saturated carbocycles. The minimum absolute atomic E-state index is 0.00803. The van der Waals surface area contributed by atoms with E-state index in [1.807, 2.05) is 0 Å². The molecule has 48 heavy (non-hydrogen) atoms. The van der Waals surface area contributed by atoms with Crippen LogP contribution in [0.1, 0.15) is 5.56 Å². The highest BCUT2D eigenvalue weighted by molar-refractivity contribution is 5.94. The summed E-state index contributed by atoms with van der Waals surface area (Å²) >= 11 is 0. The number of ether oxygens (including phenoxy) is 7. The molecule has 0 spiro atoms. The number of benzene rings is 2. The quantitative estimate of drug-likeness (QED) is 0.133. The summed E-state index contributed by atoms with van der Waals surface area (Å²) in [6, 6.07) is 10.9. The molecule has 1 fully saturated rings. The van der Waals surface area contributed by atoms with E-state index in [0.717, 1.165) is 6.07 Å². The van der Waals surface area contributed by atoms with Crippen LogP contribution in [0.5, 0.6) is 0 Å². The van der Waals surface area contributed by atoms with Crippen LogP contribution in [-0.4, -0.2) is 114 Å². The van der Waals surface area contributed by atoms with Crippen molar-refractivity contribution in [2.24, 2.45) is 0 Å². The van der Waals surface area contributed by atoms with Gasteiger partial charge in [-0.05, 0) is 29.7 Å². The molecular weight excluding hydrogens is 645 g/mol. The molecule has 1 saturated heterocycles. The van der Waals surface area contributed by atoms with Gasteiger partial charge in [0.2, 0.25) is 0 Å². The molecular formula is C32H37F3N2O11. The third kappa shape index (κ3) is 11.0. The van der Waals surface area contributed by atoms with Gasteiger partial charge in [-0.15, -0.1) is 0 Å². The Balaban J connectivity index is 1.15. The fourth-order valence-electron chi connectivity index (χ4n) is 4.67. The van der Waals surface area contributed by atoms with E-state index in [-0.39, 0.29) is 62.8 Å². The number of esters is 1. The van der Waals surface area contributed by atoms with Crippen LogP contribution in [0.2, 0.25) is 0 Å². The highest BCUT2D eigenvalue weighted by Gasteiger charge is 2.35. The van der Waals surface area contributed by atoms with E-state index < -0.39 is 35.5 Å². The van der Waals surface area contributed by atoms with E-state index in [1.54, 1.807) is 6.07 Å². The van der Waals surface area contributed by atoms with E-state index >= 15 is 0 Å². The number of fused-ring (bicyclic) bond motifs is 1. The average molecular weight is 683 g/mol. The summed E-state index contributed by atoms with van der Waals surface area (Å²) in [5, 5.41) is 9.14. The topological polar surface area (TPSA) is 155 Å². The van der Waals surface area contributed by atoms with Gasteiger partial charge in [-0.3, -0.25) is 9.69 Å². The number of cyclic esters (lactones) is 1. The zero-order chi connectivity index (χ0) is 34.4. The number of carbonyl (C=O) groups is 2. The highest BCUT2D eigenvalue weighted by Crippen LogP contribution is 2.36. The molecule has 13 nitrogen and oxygen atoms in total. The number of aromatic amines is 1. The monoisotopic (exact) mass is 682 g/mol. The van der Waals surface area contributed by atoms with Crippen LogP contribution in [0.4, 0.5) is 23.7 Å². The Morgan fingerprint density at radius 2 is 1.50 bits per heavy atom. The van der Waals surface area contributed by atoms with Gasteiger partial charge in [0.15, 0.2) is 6.10 Å². The van der Waals surface area contributed by atoms with Crippen molar-refractivity contribution in [3.05, 3.63) is 64.4 Å². The molecule has 1 aliphatic rings. The number of hydrogen-bond acceptors (Lipinski definition) is 11. The first kappa shape index (κ1) is 36.8. The number of alkyl halides is 3. The van der Waals surface area contributed by atoms with Crippen molar-refractivity contribution in [1.82, 2.24) is 4.98 Å². The molecule has 0 radical (unpaired) electrons. The summed E-state index contributed by atoms with van der Waals surface area (Å²) in [6.07, 6.45) is -6.09. The van der Waals surface area contributed by atoms with Gasteiger partial charge in [0.1, 0.15) is 13.2 Å². The summed E-state index contributed by atoms with van der Waals surface area (Å²) in [4.78, 5) is 41.3. The standard InChI is InChI=1S/C32H37F3N2O11/c33-32(34,35)27-4-2-1-3-25(27)28-17-22-5-6-23(18-26(22)30(40)36-28)37-19-24(48-31(37)41)20-47-29(39)21-46-16-15-45-14-13-44-12-11-43-10-9-42-8-7-38/h1-6,17-18,24,38H,7-16,19-21H2,(H,36,40). The van der Waals surface area contributed by atoms with E-state index in [9.17, 15) is 27.6 Å². The third-order valence-corrected chi connectivity index (χ3v) is 6.91. The van der Waals surface area contributed by atoms with Gasteiger partial charge in [0, 0.05) is 22.3 Å². The smallest absolute Gasteiger partial charge is 0.417 e. The molecule has 262 valence electrons. The maximum absolute atomic E-state index is 13.5. The van der Waals surface area contributed by atoms with Crippen molar-refractivity contribution in [2.75, 3.05) is 90.7 Å². The van der Waals surface area contributed by atoms with Crippen molar-refractivity contribution >= 4 is 28.5 Å². The molecule has 1 amide bonds. The Morgan fingerprint density at radius 3 is 2.15 bits per heavy atom. The van der Waals surface area contributed by atoms with Crippen LogP contribution >= 0.6 is 0 Å². The lowest BCUT2D eigenvalue weighted by molar-refractivity contribution is -0.151. The van der Waals surface area contributed by atoms with E-state index in [4.69, 9.17) is 38.3 Å². The van der Waals surface area contributed by atoms with Crippen molar-refractivity contribution in [3.63, 3.8) is 0 Å². The van der Waals surface area contributed by atoms with Crippen LogP contribution in [0.15, 0.2) is 53.3 Å². The number of pyridine rings is 1. The summed E-state index contributed by atoms with van der Waals surface area (Å²) in [6.45, 7) is 2.46. The van der Waals surface area contributed by atoms with Crippen molar-refractivity contribution in [1.29, 1.82) is 0 Å². The maximum Gasteiger partial charge on any atom is 0.417 e. The second kappa shape index (κ2) is 18.5. The highest BCUT2D eigenvalue weighted by atomic mass is 19.4. The Labute approximate surface area is 273 Å². The number of nitrogens with zero attached hydrogens (tertiary/aromatic N) is 1. The van der Waals surface area contributed by atoms with Gasteiger partial charge in [0.05, 0.1) is 78.2 Å². The number of amides is 1. The number of H-pyrrole nitrogens is 1. The number of aromatic nitrogens is 1. The number of rotatable bonds is 20. The van der Waals surface area contributed by atoms with Crippen LogP contribution in [0, 0.1) is 0 Å². The number of halogens is 3. The van der Waals surface area contributed by atoms with Gasteiger partial charge in [-0.2, -0.15) is 13.2 Å². The Morgan fingerprint density at radius 1 is 0.875 bits per heavy atom. The number of aliphatic hydroxyl groups is 1. The lowest BCUT2D eigenvalue weighted by atomic mass is 10.0.